The van der Waals surface area contributed by atoms with Crippen LogP contribution >= 0.6 is 0 Å². The van der Waals surface area contributed by atoms with E-state index in [1.165, 1.54) is 38.5 Å². The number of anilines is 1. The minimum absolute atomic E-state index is 0.00417. The van der Waals surface area contributed by atoms with Gasteiger partial charge in [0, 0.05) is 11.6 Å². The van der Waals surface area contributed by atoms with Crippen molar-refractivity contribution in [2.75, 3.05) is 11.9 Å². The standard InChI is InChI=1S/C29H46N2O4/c1-5-8-9-10-11-12-22-13-15-23(16-14-22)27(32)31-26(21(4)6-2)28(33)30-25-19-17-24(18-20-25)29(34)35-7-3/h17-23,26H,5-16H2,1-4H3,(H,30,33)(H,31,32). The van der Waals surface area contributed by atoms with Gasteiger partial charge in [-0.1, -0.05) is 65.7 Å². The SMILES string of the molecule is CCCCCCCC1CCC(C(=O)NC(C(=O)Nc2ccc(C(=O)OCC)cc2)C(C)CC)CC1. The van der Waals surface area contributed by atoms with Gasteiger partial charge in [-0.3, -0.25) is 9.59 Å². The van der Waals surface area contributed by atoms with E-state index in [0.29, 0.717) is 17.9 Å². The molecule has 35 heavy (non-hydrogen) atoms. The van der Waals surface area contributed by atoms with Crippen molar-refractivity contribution < 1.29 is 19.1 Å². The summed E-state index contributed by atoms with van der Waals surface area (Å²) in [5.74, 6) is 0.141. The Labute approximate surface area is 212 Å². The van der Waals surface area contributed by atoms with Crippen molar-refractivity contribution in [3.8, 4) is 0 Å². The first kappa shape index (κ1) is 28.9. The van der Waals surface area contributed by atoms with E-state index in [2.05, 4.69) is 17.6 Å². The Kier molecular flexibility index (Phi) is 12.9. The summed E-state index contributed by atoms with van der Waals surface area (Å²) in [6.45, 7) is 8.33. The Hall–Kier alpha value is -2.37. The first-order valence-electron chi connectivity index (χ1n) is 13.8. The number of hydrogen-bond acceptors (Lipinski definition) is 4. The van der Waals surface area contributed by atoms with Gasteiger partial charge in [-0.05, 0) is 68.7 Å². The van der Waals surface area contributed by atoms with Crippen LogP contribution in [0.2, 0.25) is 0 Å². The van der Waals surface area contributed by atoms with Crippen molar-refractivity contribution in [3.05, 3.63) is 29.8 Å². The third-order valence-corrected chi connectivity index (χ3v) is 7.39. The number of esters is 1. The maximum atomic E-state index is 13.1. The number of hydrogen-bond donors (Lipinski definition) is 2. The Morgan fingerprint density at radius 2 is 1.60 bits per heavy atom. The second-order valence-corrected chi connectivity index (χ2v) is 10.1. The second-order valence-electron chi connectivity index (χ2n) is 10.1. The predicted molar refractivity (Wildman–Crippen MR) is 141 cm³/mol. The maximum Gasteiger partial charge on any atom is 0.338 e. The molecule has 2 atom stereocenters. The topological polar surface area (TPSA) is 84.5 Å². The fourth-order valence-corrected chi connectivity index (χ4v) is 4.85. The van der Waals surface area contributed by atoms with Crippen molar-refractivity contribution >= 4 is 23.5 Å². The molecule has 1 aromatic rings. The van der Waals surface area contributed by atoms with Crippen LogP contribution in [0.5, 0.6) is 0 Å². The van der Waals surface area contributed by atoms with Gasteiger partial charge in [0.25, 0.3) is 0 Å². The Balaban J connectivity index is 1.86. The number of nitrogens with one attached hydrogen (secondary N) is 2. The summed E-state index contributed by atoms with van der Waals surface area (Å²) in [6, 6.07) is 6.04. The fraction of sp³-hybridized carbons (Fsp3) is 0.690. The summed E-state index contributed by atoms with van der Waals surface area (Å²) in [6.07, 6.45) is 12.7. The molecule has 0 saturated heterocycles. The molecule has 2 rings (SSSR count). The van der Waals surface area contributed by atoms with Crippen LogP contribution in [0, 0.1) is 17.8 Å². The van der Waals surface area contributed by atoms with E-state index >= 15 is 0 Å². The number of carbonyl (C=O) groups excluding carboxylic acids is 3. The van der Waals surface area contributed by atoms with Crippen molar-refractivity contribution in [1.82, 2.24) is 5.32 Å². The number of amides is 2. The molecule has 2 N–H and O–H groups in total. The average molecular weight is 487 g/mol. The predicted octanol–water partition coefficient (Wildman–Crippen LogP) is 6.50. The zero-order valence-corrected chi connectivity index (χ0v) is 22.2. The highest BCUT2D eigenvalue weighted by atomic mass is 16.5. The summed E-state index contributed by atoms with van der Waals surface area (Å²) in [5.41, 5.74) is 1.03. The normalized spacial score (nSPS) is 19.4. The number of ether oxygens (including phenoxy) is 1. The fourth-order valence-electron chi connectivity index (χ4n) is 4.85. The van der Waals surface area contributed by atoms with Crippen LogP contribution in [-0.2, 0) is 14.3 Å². The van der Waals surface area contributed by atoms with Gasteiger partial charge in [-0.2, -0.15) is 0 Å². The zero-order valence-electron chi connectivity index (χ0n) is 22.2. The molecule has 2 amide bonds. The van der Waals surface area contributed by atoms with Crippen LogP contribution in [0.3, 0.4) is 0 Å². The van der Waals surface area contributed by atoms with Crippen LogP contribution in [0.4, 0.5) is 5.69 Å². The minimum Gasteiger partial charge on any atom is -0.462 e. The highest BCUT2D eigenvalue weighted by Crippen LogP contribution is 2.32. The van der Waals surface area contributed by atoms with Crippen LogP contribution in [-0.4, -0.2) is 30.4 Å². The molecule has 1 aliphatic carbocycles. The summed E-state index contributed by atoms with van der Waals surface area (Å²) < 4.78 is 5.00. The second kappa shape index (κ2) is 15.6. The lowest BCUT2D eigenvalue weighted by Crippen LogP contribution is -2.49. The average Bonchev–Trinajstić information content (AvgIpc) is 2.87. The van der Waals surface area contributed by atoms with E-state index in [4.69, 9.17) is 4.74 Å². The third kappa shape index (κ3) is 9.65. The quantitative estimate of drug-likeness (QED) is 0.232. The van der Waals surface area contributed by atoms with Crippen LogP contribution in [0.25, 0.3) is 0 Å². The van der Waals surface area contributed by atoms with Crippen molar-refractivity contribution in [2.24, 2.45) is 17.8 Å². The van der Waals surface area contributed by atoms with Crippen LogP contribution in [0.1, 0.15) is 109 Å². The Morgan fingerprint density at radius 3 is 2.20 bits per heavy atom. The molecule has 0 radical (unpaired) electrons. The van der Waals surface area contributed by atoms with E-state index in [-0.39, 0.29) is 29.6 Å². The van der Waals surface area contributed by atoms with Gasteiger partial charge in [0.2, 0.25) is 11.8 Å². The molecule has 1 fully saturated rings. The van der Waals surface area contributed by atoms with Gasteiger partial charge in [0.15, 0.2) is 0 Å². The molecule has 2 unspecified atom stereocenters. The van der Waals surface area contributed by atoms with Gasteiger partial charge >= 0.3 is 5.97 Å². The molecule has 0 bridgehead atoms. The molecule has 1 aromatic carbocycles. The van der Waals surface area contributed by atoms with Gasteiger partial charge in [-0.25, -0.2) is 4.79 Å². The molecule has 0 aliphatic heterocycles. The van der Waals surface area contributed by atoms with Crippen LogP contribution in [0.15, 0.2) is 24.3 Å². The lowest BCUT2D eigenvalue weighted by atomic mass is 9.79. The first-order chi connectivity index (χ1) is 16.9. The number of rotatable bonds is 14. The van der Waals surface area contributed by atoms with E-state index in [1.807, 2.05) is 13.8 Å². The molecular formula is C29H46N2O4. The first-order valence-corrected chi connectivity index (χ1v) is 13.8. The summed E-state index contributed by atoms with van der Waals surface area (Å²) in [4.78, 5) is 38.0. The molecule has 1 aliphatic rings. The molecule has 0 aromatic heterocycles. The van der Waals surface area contributed by atoms with E-state index < -0.39 is 6.04 Å². The Bertz CT molecular complexity index is 784. The molecule has 0 spiro atoms. The largest absolute Gasteiger partial charge is 0.462 e. The zero-order chi connectivity index (χ0) is 25.6. The number of unbranched alkanes of at least 4 members (excludes halogenated alkanes) is 4. The van der Waals surface area contributed by atoms with Crippen molar-refractivity contribution in [3.63, 3.8) is 0 Å². The maximum absolute atomic E-state index is 13.1. The van der Waals surface area contributed by atoms with Gasteiger partial charge in [-0.15, -0.1) is 0 Å². The van der Waals surface area contributed by atoms with E-state index in [9.17, 15) is 14.4 Å². The lowest BCUT2D eigenvalue weighted by molar-refractivity contribution is -0.131. The van der Waals surface area contributed by atoms with Crippen molar-refractivity contribution in [1.29, 1.82) is 0 Å². The summed E-state index contributed by atoms with van der Waals surface area (Å²) in [5, 5.41) is 5.96. The van der Waals surface area contributed by atoms with E-state index in [1.54, 1.807) is 31.2 Å². The molecule has 6 heteroatoms. The minimum atomic E-state index is -0.589. The molecule has 6 nitrogen and oxygen atoms in total. The monoisotopic (exact) mass is 486 g/mol. The summed E-state index contributed by atoms with van der Waals surface area (Å²) in [7, 11) is 0. The number of benzene rings is 1. The van der Waals surface area contributed by atoms with Gasteiger partial charge in [0.1, 0.15) is 6.04 Å². The van der Waals surface area contributed by atoms with Crippen LogP contribution < -0.4 is 10.6 Å². The van der Waals surface area contributed by atoms with Gasteiger partial charge in [0.05, 0.1) is 12.2 Å². The molecule has 0 heterocycles. The molecular weight excluding hydrogens is 440 g/mol. The Morgan fingerprint density at radius 1 is 0.943 bits per heavy atom. The van der Waals surface area contributed by atoms with Crippen molar-refractivity contribution in [2.45, 2.75) is 104 Å². The highest BCUT2D eigenvalue weighted by molar-refractivity contribution is 5.98. The van der Waals surface area contributed by atoms with E-state index in [0.717, 1.165) is 38.0 Å². The molecule has 196 valence electrons. The third-order valence-electron chi connectivity index (χ3n) is 7.39. The summed E-state index contributed by atoms with van der Waals surface area (Å²) >= 11 is 0. The molecule has 1 saturated carbocycles. The lowest BCUT2D eigenvalue weighted by Gasteiger charge is -2.30. The van der Waals surface area contributed by atoms with Gasteiger partial charge < -0.3 is 15.4 Å². The highest BCUT2D eigenvalue weighted by Gasteiger charge is 2.31. The smallest absolute Gasteiger partial charge is 0.338 e. The number of carbonyl (C=O) groups is 3.